The molecule has 0 aromatic heterocycles. The fourth-order valence-electron chi connectivity index (χ4n) is 10.5. The van der Waals surface area contributed by atoms with Gasteiger partial charge in [0.15, 0.2) is 0 Å². The second-order valence-corrected chi connectivity index (χ2v) is 17.6. The smallest absolute Gasteiger partial charge is 0.0456 e. The summed E-state index contributed by atoms with van der Waals surface area (Å²) in [6.45, 7) is 18.6. The highest BCUT2D eigenvalue weighted by Gasteiger charge is 2.38. The van der Waals surface area contributed by atoms with Crippen LogP contribution in [-0.4, -0.2) is 0 Å². The van der Waals surface area contributed by atoms with Crippen LogP contribution in [0.2, 0.25) is 0 Å². The molecule has 0 radical (unpaired) electrons. The van der Waals surface area contributed by atoms with Gasteiger partial charge in [-0.25, -0.2) is 0 Å². The molecule has 1 heteroatoms. The first-order chi connectivity index (χ1) is 26.4. The maximum atomic E-state index is 4.07. The maximum absolute atomic E-state index is 4.07. The van der Waals surface area contributed by atoms with E-state index in [0.717, 1.165) is 12.8 Å². The number of hydrogen-bond acceptors (Lipinski definition) is 1. The number of benzene rings is 7. The summed E-state index contributed by atoms with van der Waals surface area (Å²) in [6.07, 6.45) is 1.76. The molecule has 0 fully saturated rings. The summed E-state index contributed by atoms with van der Waals surface area (Å²) in [7, 11) is 0. The fraction of sp³-hybridized carbons (Fsp3) is 0.222. The third-order valence-corrected chi connectivity index (χ3v) is 13.5. The van der Waals surface area contributed by atoms with Crippen LogP contribution in [0.1, 0.15) is 94.5 Å². The van der Waals surface area contributed by atoms with E-state index in [9.17, 15) is 0 Å². The average molecular weight is 712 g/mol. The second kappa shape index (κ2) is 11.9. The largest absolute Gasteiger partial charge is 0.355 e. The van der Waals surface area contributed by atoms with Crippen molar-refractivity contribution in [1.82, 2.24) is 0 Å². The summed E-state index contributed by atoms with van der Waals surface area (Å²) in [5, 5.41) is 4.07. The van der Waals surface area contributed by atoms with Crippen molar-refractivity contribution in [3.05, 3.63) is 188 Å². The Morgan fingerprint density at radius 2 is 0.982 bits per heavy atom. The highest BCUT2D eigenvalue weighted by molar-refractivity contribution is 5.96. The van der Waals surface area contributed by atoms with Gasteiger partial charge in [-0.1, -0.05) is 130 Å². The molecule has 0 atom stereocenters. The van der Waals surface area contributed by atoms with Gasteiger partial charge in [-0.2, -0.15) is 0 Å². The van der Waals surface area contributed by atoms with E-state index < -0.39 is 0 Å². The van der Waals surface area contributed by atoms with Crippen molar-refractivity contribution in [3.63, 3.8) is 0 Å². The third kappa shape index (κ3) is 4.98. The van der Waals surface area contributed by atoms with Gasteiger partial charge >= 0.3 is 0 Å². The van der Waals surface area contributed by atoms with Crippen LogP contribution in [-0.2, 0) is 23.7 Å². The quantitative estimate of drug-likeness (QED) is 0.192. The zero-order chi connectivity index (χ0) is 38.0. The number of nitrogens with one attached hydrogen (secondary N) is 1. The van der Waals surface area contributed by atoms with Crippen LogP contribution < -0.4 is 5.32 Å². The minimum absolute atomic E-state index is 0.0278. The molecule has 1 aliphatic heterocycles. The third-order valence-electron chi connectivity index (χ3n) is 13.5. The summed E-state index contributed by atoms with van der Waals surface area (Å²) in [5.74, 6) is 0. The number of hydrogen-bond donors (Lipinski definition) is 1. The van der Waals surface area contributed by atoms with Gasteiger partial charge in [0.1, 0.15) is 0 Å². The molecular formula is C54H49N. The Balaban J connectivity index is 1.15. The molecule has 1 heterocycles. The number of anilines is 2. The van der Waals surface area contributed by atoms with Crippen LogP contribution in [0.3, 0.4) is 0 Å². The molecule has 0 spiro atoms. The van der Waals surface area contributed by atoms with Gasteiger partial charge in [0, 0.05) is 28.6 Å². The molecule has 270 valence electrons. The molecule has 10 rings (SSSR count). The van der Waals surface area contributed by atoms with Gasteiger partial charge < -0.3 is 5.32 Å². The van der Waals surface area contributed by atoms with E-state index in [4.69, 9.17) is 0 Å². The molecule has 0 unspecified atom stereocenters. The predicted octanol–water partition coefficient (Wildman–Crippen LogP) is 14.1. The van der Waals surface area contributed by atoms with E-state index in [-0.39, 0.29) is 10.8 Å². The molecule has 1 nitrogen and oxygen atoms in total. The Morgan fingerprint density at radius 1 is 0.473 bits per heavy atom. The van der Waals surface area contributed by atoms with Crippen LogP contribution in [0.4, 0.5) is 11.4 Å². The van der Waals surface area contributed by atoms with E-state index >= 15 is 0 Å². The van der Waals surface area contributed by atoms with E-state index in [1.165, 1.54) is 123 Å². The van der Waals surface area contributed by atoms with Gasteiger partial charge in [-0.15, -0.1) is 0 Å². The van der Waals surface area contributed by atoms with Gasteiger partial charge in [0.2, 0.25) is 0 Å². The van der Waals surface area contributed by atoms with Crippen molar-refractivity contribution in [2.24, 2.45) is 0 Å². The van der Waals surface area contributed by atoms with E-state index in [1.54, 1.807) is 0 Å². The Kier molecular flexibility index (Phi) is 7.34. The first-order valence-corrected chi connectivity index (χ1v) is 20.0. The Bertz CT molecular complexity index is 2770. The average Bonchev–Trinajstić information content (AvgIpc) is 3.56. The number of rotatable bonds is 4. The van der Waals surface area contributed by atoms with Gasteiger partial charge in [0.05, 0.1) is 0 Å². The summed E-state index contributed by atoms with van der Waals surface area (Å²) in [6, 6.07) is 46.5. The molecule has 3 aliphatic rings. The van der Waals surface area contributed by atoms with Crippen molar-refractivity contribution < 1.29 is 0 Å². The fourth-order valence-corrected chi connectivity index (χ4v) is 10.5. The normalized spacial score (nSPS) is 15.0. The van der Waals surface area contributed by atoms with Gasteiger partial charge in [-0.05, 0) is 164 Å². The molecule has 55 heavy (non-hydrogen) atoms. The lowest BCUT2D eigenvalue weighted by Gasteiger charge is -2.28. The number of fused-ring (bicyclic) bond motifs is 8. The molecular weight excluding hydrogens is 663 g/mol. The Hall–Kier alpha value is -5.66. The summed E-state index contributed by atoms with van der Waals surface area (Å²) in [4.78, 5) is 0. The summed E-state index contributed by atoms with van der Waals surface area (Å²) in [5.41, 5.74) is 29.7. The highest BCUT2D eigenvalue weighted by atomic mass is 14.9. The first-order valence-electron chi connectivity index (χ1n) is 20.0. The second-order valence-electron chi connectivity index (χ2n) is 17.6. The molecule has 7 aromatic carbocycles. The molecule has 0 bridgehead atoms. The topological polar surface area (TPSA) is 12.0 Å². The number of aryl methyl sites for hydroxylation is 3. The predicted molar refractivity (Wildman–Crippen MR) is 233 cm³/mol. The van der Waals surface area contributed by atoms with E-state index in [1.807, 2.05) is 0 Å². The molecule has 2 aliphatic carbocycles. The lowest BCUT2D eigenvalue weighted by Crippen LogP contribution is -2.15. The molecule has 7 aromatic rings. The standard InChI is InChI=1S/C54H49N/c1-31-23-32(2)34(4)35(24-31)26-39-28-37(42-18-14-22-48-50(42)44-16-10-12-20-46(44)54(48,7)8)29-40-30-38-27-36(25-33(3)51(38)55-52(39)40)41-17-13-21-47-49(41)43-15-9-11-19-45(43)53(47,5)6/h9-25,27-29,55H,26,30H2,1-8H3. The summed E-state index contributed by atoms with van der Waals surface area (Å²) >= 11 is 0. The Morgan fingerprint density at radius 3 is 1.58 bits per heavy atom. The minimum atomic E-state index is -0.0447. The van der Waals surface area contributed by atoms with Crippen LogP contribution in [0.25, 0.3) is 44.5 Å². The van der Waals surface area contributed by atoms with Crippen LogP contribution in [0.5, 0.6) is 0 Å². The van der Waals surface area contributed by atoms with Crippen molar-refractivity contribution in [2.45, 2.75) is 79.1 Å². The molecule has 0 amide bonds. The lowest BCUT2D eigenvalue weighted by atomic mass is 9.81. The van der Waals surface area contributed by atoms with Gasteiger partial charge in [-0.3, -0.25) is 0 Å². The molecule has 1 N–H and O–H groups in total. The minimum Gasteiger partial charge on any atom is -0.355 e. The van der Waals surface area contributed by atoms with Crippen LogP contribution >= 0.6 is 0 Å². The maximum Gasteiger partial charge on any atom is 0.0456 e. The van der Waals surface area contributed by atoms with Crippen molar-refractivity contribution >= 4 is 11.4 Å². The Labute approximate surface area is 327 Å². The van der Waals surface area contributed by atoms with Gasteiger partial charge in [0.25, 0.3) is 0 Å². The van der Waals surface area contributed by atoms with E-state index in [0.29, 0.717) is 0 Å². The summed E-state index contributed by atoms with van der Waals surface area (Å²) < 4.78 is 0. The van der Waals surface area contributed by atoms with E-state index in [2.05, 4.69) is 182 Å². The van der Waals surface area contributed by atoms with Crippen molar-refractivity contribution in [1.29, 1.82) is 0 Å². The van der Waals surface area contributed by atoms with Crippen LogP contribution in [0, 0.1) is 27.7 Å². The SMILES string of the molecule is Cc1cc(C)c(C)c(Cc2cc(-c3cccc4c3-c3ccccc3C4(C)C)cc3c2Nc2c(C)cc(-c4cccc5c4-c4ccccc4C5(C)C)cc2C3)c1. The highest BCUT2D eigenvalue weighted by Crippen LogP contribution is 2.54. The zero-order valence-corrected chi connectivity index (χ0v) is 33.5. The zero-order valence-electron chi connectivity index (χ0n) is 33.5. The van der Waals surface area contributed by atoms with Crippen LogP contribution in [0.15, 0.2) is 121 Å². The monoisotopic (exact) mass is 711 g/mol. The lowest BCUT2D eigenvalue weighted by molar-refractivity contribution is 0.660. The van der Waals surface area contributed by atoms with Crippen molar-refractivity contribution in [3.8, 4) is 44.5 Å². The molecule has 0 saturated heterocycles. The first kappa shape index (κ1) is 33.9. The molecule has 0 saturated carbocycles. The van der Waals surface area contributed by atoms with Crippen molar-refractivity contribution in [2.75, 3.05) is 5.32 Å².